The first-order chi connectivity index (χ1) is 4.51. The van der Waals surface area contributed by atoms with Crippen molar-refractivity contribution >= 4 is 11.6 Å². The highest BCUT2D eigenvalue weighted by atomic mass is 16.2. The predicted molar refractivity (Wildman–Crippen MR) is 40.2 cm³/mol. The van der Waals surface area contributed by atoms with Crippen molar-refractivity contribution in [2.75, 3.05) is 6.54 Å². The zero-order chi connectivity index (χ0) is 7.78. The SMILES string of the molecule is CC1=NCC(C)(C)NC1=O. The number of aliphatic imine (C=N–C) groups is 1. The van der Waals surface area contributed by atoms with Crippen LogP contribution in [0, 0.1) is 0 Å². The standard InChI is InChI=1S/C7H12N2O/c1-5-6(10)9-7(2,3)4-8-5/h4H2,1-3H3,(H,9,10). The van der Waals surface area contributed by atoms with Crippen molar-refractivity contribution in [3.05, 3.63) is 0 Å². The number of amides is 1. The zero-order valence-electron chi connectivity index (χ0n) is 6.56. The summed E-state index contributed by atoms with van der Waals surface area (Å²) in [6.45, 7) is 6.33. The van der Waals surface area contributed by atoms with Crippen LogP contribution >= 0.6 is 0 Å². The van der Waals surface area contributed by atoms with Crippen molar-refractivity contribution < 1.29 is 4.79 Å². The summed E-state index contributed by atoms with van der Waals surface area (Å²) in [5.74, 6) is -0.0451. The fourth-order valence-corrected chi connectivity index (χ4v) is 0.825. The van der Waals surface area contributed by atoms with Gasteiger partial charge >= 0.3 is 0 Å². The van der Waals surface area contributed by atoms with Gasteiger partial charge in [-0.1, -0.05) is 0 Å². The molecule has 0 radical (unpaired) electrons. The molecule has 0 bridgehead atoms. The third-order valence-corrected chi connectivity index (χ3v) is 1.49. The van der Waals surface area contributed by atoms with E-state index in [1.165, 1.54) is 0 Å². The number of nitrogens with one attached hydrogen (secondary N) is 1. The molecule has 0 spiro atoms. The normalized spacial score (nSPS) is 23.5. The molecule has 0 atom stereocenters. The van der Waals surface area contributed by atoms with Gasteiger partial charge in [-0.15, -0.1) is 0 Å². The lowest BCUT2D eigenvalue weighted by molar-refractivity contribution is -0.116. The van der Waals surface area contributed by atoms with Gasteiger partial charge in [0, 0.05) is 0 Å². The molecule has 1 aliphatic heterocycles. The van der Waals surface area contributed by atoms with E-state index in [4.69, 9.17) is 0 Å². The number of carbonyl (C=O) groups is 1. The fourth-order valence-electron chi connectivity index (χ4n) is 0.825. The van der Waals surface area contributed by atoms with Gasteiger partial charge in [0.1, 0.15) is 0 Å². The molecule has 0 saturated carbocycles. The van der Waals surface area contributed by atoms with Crippen LogP contribution < -0.4 is 5.32 Å². The van der Waals surface area contributed by atoms with Gasteiger partial charge in [0.15, 0.2) is 0 Å². The summed E-state index contributed by atoms with van der Waals surface area (Å²) in [5.41, 5.74) is 0.427. The molecule has 3 heteroatoms. The topological polar surface area (TPSA) is 41.5 Å². The van der Waals surface area contributed by atoms with Gasteiger partial charge < -0.3 is 5.32 Å². The number of hydrogen-bond acceptors (Lipinski definition) is 2. The van der Waals surface area contributed by atoms with Crippen LogP contribution in [0.25, 0.3) is 0 Å². The van der Waals surface area contributed by atoms with E-state index in [1.807, 2.05) is 13.8 Å². The van der Waals surface area contributed by atoms with Crippen LogP contribution in [0.2, 0.25) is 0 Å². The minimum absolute atomic E-state index is 0.0451. The molecule has 0 unspecified atom stereocenters. The van der Waals surface area contributed by atoms with Crippen molar-refractivity contribution in [1.82, 2.24) is 5.32 Å². The Labute approximate surface area is 60.5 Å². The van der Waals surface area contributed by atoms with Crippen LogP contribution in [0.15, 0.2) is 4.99 Å². The average Bonchev–Trinajstić information content (AvgIpc) is 1.79. The second-order valence-corrected chi connectivity index (χ2v) is 3.24. The monoisotopic (exact) mass is 140 g/mol. The number of hydrogen-bond donors (Lipinski definition) is 1. The van der Waals surface area contributed by atoms with E-state index in [-0.39, 0.29) is 11.4 Å². The van der Waals surface area contributed by atoms with Crippen molar-refractivity contribution in [2.45, 2.75) is 26.3 Å². The Balaban J connectivity index is 2.79. The second kappa shape index (κ2) is 2.08. The maximum absolute atomic E-state index is 11.0. The minimum Gasteiger partial charge on any atom is -0.344 e. The lowest BCUT2D eigenvalue weighted by atomic mass is 10.0. The molecule has 0 aromatic heterocycles. The molecule has 0 aromatic rings. The molecule has 1 amide bonds. The Bertz CT molecular complexity index is 194. The molecular weight excluding hydrogens is 128 g/mol. The number of rotatable bonds is 0. The van der Waals surface area contributed by atoms with E-state index in [0.717, 1.165) is 0 Å². The largest absolute Gasteiger partial charge is 0.344 e. The van der Waals surface area contributed by atoms with Gasteiger partial charge in [0.25, 0.3) is 5.91 Å². The van der Waals surface area contributed by atoms with Crippen LogP contribution in [0.5, 0.6) is 0 Å². The highest BCUT2D eigenvalue weighted by molar-refractivity contribution is 6.38. The molecule has 0 aliphatic carbocycles. The molecule has 10 heavy (non-hydrogen) atoms. The summed E-state index contributed by atoms with van der Waals surface area (Å²) in [4.78, 5) is 15.0. The van der Waals surface area contributed by atoms with E-state index in [9.17, 15) is 4.79 Å². The van der Waals surface area contributed by atoms with Gasteiger partial charge in [-0.2, -0.15) is 0 Å². The van der Waals surface area contributed by atoms with E-state index >= 15 is 0 Å². The molecule has 56 valence electrons. The van der Waals surface area contributed by atoms with Gasteiger partial charge in [0.05, 0.1) is 17.8 Å². The fraction of sp³-hybridized carbons (Fsp3) is 0.714. The molecule has 1 rings (SSSR count). The Kier molecular flexibility index (Phi) is 1.50. The summed E-state index contributed by atoms with van der Waals surface area (Å²) in [7, 11) is 0. The van der Waals surface area contributed by atoms with E-state index in [1.54, 1.807) is 6.92 Å². The van der Waals surface area contributed by atoms with Crippen LogP contribution in [-0.2, 0) is 4.79 Å². The molecule has 0 aromatic carbocycles. The average molecular weight is 140 g/mol. The maximum Gasteiger partial charge on any atom is 0.265 e. The summed E-state index contributed by atoms with van der Waals surface area (Å²) < 4.78 is 0. The lowest BCUT2D eigenvalue weighted by Crippen LogP contribution is -2.51. The van der Waals surface area contributed by atoms with E-state index < -0.39 is 0 Å². The highest BCUT2D eigenvalue weighted by Gasteiger charge is 2.25. The van der Waals surface area contributed by atoms with E-state index in [2.05, 4.69) is 10.3 Å². The minimum atomic E-state index is -0.156. The Morgan fingerprint density at radius 1 is 1.60 bits per heavy atom. The van der Waals surface area contributed by atoms with Crippen LogP contribution in [0.1, 0.15) is 20.8 Å². The lowest BCUT2D eigenvalue weighted by Gasteiger charge is -2.28. The summed E-state index contributed by atoms with van der Waals surface area (Å²) >= 11 is 0. The molecule has 1 heterocycles. The Morgan fingerprint density at radius 3 is 2.60 bits per heavy atom. The quantitative estimate of drug-likeness (QED) is 0.518. The van der Waals surface area contributed by atoms with Crippen LogP contribution in [0.3, 0.4) is 0 Å². The number of nitrogens with zero attached hydrogens (tertiary/aromatic N) is 1. The third-order valence-electron chi connectivity index (χ3n) is 1.49. The number of carbonyl (C=O) groups excluding carboxylic acids is 1. The smallest absolute Gasteiger partial charge is 0.265 e. The van der Waals surface area contributed by atoms with E-state index in [0.29, 0.717) is 12.3 Å². The molecule has 0 fully saturated rings. The molecule has 3 nitrogen and oxygen atoms in total. The molecular formula is C7H12N2O. The first-order valence-electron chi connectivity index (χ1n) is 3.35. The first kappa shape index (κ1) is 7.25. The van der Waals surface area contributed by atoms with Crippen LogP contribution in [-0.4, -0.2) is 23.7 Å². The van der Waals surface area contributed by atoms with Gasteiger partial charge in [-0.25, -0.2) is 0 Å². The molecule has 1 N–H and O–H groups in total. The Morgan fingerprint density at radius 2 is 2.20 bits per heavy atom. The summed E-state index contributed by atoms with van der Waals surface area (Å²) in [5, 5.41) is 2.84. The van der Waals surface area contributed by atoms with Crippen molar-refractivity contribution in [3.63, 3.8) is 0 Å². The summed E-state index contributed by atoms with van der Waals surface area (Å²) in [6.07, 6.45) is 0. The van der Waals surface area contributed by atoms with Crippen LogP contribution in [0.4, 0.5) is 0 Å². The molecule has 0 saturated heterocycles. The van der Waals surface area contributed by atoms with Crippen molar-refractivity contribution in [3.8, 4) is 0 Å². The maximum atomic E-state index is 11.0. The van der Waals surface area contributed by atoms with Gasteiger partial charge in [-0.05, 0) is 20.8 Å². The summed E-state index contributed by atoms with van der Waals surface area (Å²) in [6, 6.07) is 0. The van der Waals surface area contributed by atoms with Gasteiger partial charge in [0.2, 0.25) is 0 Å². The zero-order valence-corrected chi connectivity index (χ0v) is 6.56. The van der Waals surface area contributed by atoms with Crippen molar-refractivity contribution in [2.24, 2.45) is 4.99 Å². The van der Waals surface area contributed by atoms with Crippen molar-refractivity contribution in [1.29, 1.82) is 0 Å². The highest BCUT2D eigenvalue weighted by Crippen LogP contribution is 2.06. The predicted octanol–water partition coefficient (Wildman–Crippen LogP) is 0.356. The Hall–Kier alpha value is -0.860. The van der Waals surface area contributed by atoms with Gasteiger partial charge in [-0.3, -0.25) is 9.79 Å². The first-order valence-corrected chi connectivity index (χ1v) is 3.35. The third kappa shape index (κ3) is 1.35. The molecule has 1 aliphatic rings. The second-order valence-electron chi connectivity index (χ2n) is 3.24.